The lowest BCUT2D eigenvalue weighted by atomic mass is 10.1. The topological polar surface area (TPSA) is 61.8 Å². The molecule has 8 heteroatoms. The number of amidine groups is 1. The average Bonchev–Trinajstić information content (AvgIpc) is 2.82. The van der Waals surface area contributed by atoms with E-state index in [0.717, 1.165) is 9.13 Å². The van der Waals surface area contributed by atoms with Gasteiger partial charge in [0.05, 0.1) is 5.69 Å². The molecule has 1 aliphatic rings. The zero-order chi connectivity index (χ0) is 23.2. The van der Waals surface area contributed by atoms with Crippen molar-refractivity contribution in [2.45, 2.75) is 18.1 Å². The van der Waals surface area contributed by atoms with Gasteiger partial charge in [-0.25, -0.2) is 9.38 Å². The monoisotopic (exact) mass is 573 g/mol. The Morgan fingerprint density at radius 2 is 1.76 bits per heavy atom. The lowest BCUT2D eigenvalue weighted by Crippen LogP contribution is -2.46. The number of aliphatic imine (C=N–C) groups is 1. The molecule has 1 atom stereocenters. The number of halogens is 2. The van der Waals surface area contributed by atoms with Crippen molar-refractivity contribution in [3.63, 3.8) is 0 Å². The summed E-state index contributed by atoms with van der Waals surface area (Å²) in [5.74, 6) is -0.764. The van der Waals surface area contributed by atoms with Gasteiger partial charge >= 0.3 is 0 Å². The summed E-state index contributed by atoms with van der Waals surface area (Å²) < 4.78 is 14.4. The van der Waals surface area contributed by atoms with Crippen molar-refractivity contribution in [1.82, 2.24) is 4.90 Å². The lowest BCUT2D eigenvalue weighted by molar-refractivity contribution is -0.129. The summed E-state index contributed by atoms with van der Waals surface area (Å²) in [6.45, 7) is 0.446. The van der Waals surface area contributed by atoms with E-state index in [1.165, 1.54) is 23.9 Å². The smallest absolute Gasteiger partial charge is 0.238 e. The first kappa shape index (κ1) is 23.4. The van der Waals surface area contributed by atoms with E-state index in [9.17, 15) is 14.0 Å². The molecule has 3 aromatic rings. The van der Waals surface area contributed by atoms with Gasteiger partial charge in [-0.1, -0.05) is 42.1 Å². The minimum Gasteiger partial charge on any atom is -0.325 e. The van der Waals surface area contributed by atoms with Crippen molar-refractivity contribution >= 4 is 62.7 Å². The molecule has 1 N–H and O–H groups in total. The zero-order valence-corrected chi connectivity index (χ0v) is 20.6. The van der Waals surface area contributed by atoms with Crippen molar-refractivity contribution in [3.05, 3.63) is 93.8 Å². The molecule has 0 radical (unpaired) electrons. The molecule has 1 aliphatic heterocycles. The zero-order valence-electron chi connectivity index (χ0n) is 17.6. The summed E-state index contributed by atoms with van der Waals surface area (Å²) >= 11 is 3.45. The molecule has 0 aromatic heterocycles. The van der Waals surface area contributed by atoms with Gasteiger partial charge in [0.1, 0.15) is 11.1 Å². The van der Waals surface area contributed by atoms with Crippen LogP contribution >= 0.6 is 34.4 Å². The standard InChI is InChI=1S/C25H21FIN3O2S/c26-18-6-10-21(11-7-18)29-25-30(15-14-17-4-2-1-3-5-17)23(31)16-22(33-25)24(32)28-20-12-8-19(27)9-13-20/h1-13,22H,14-16H2,(H,28,32)/t22-/m1/s1. The van der Waals surface area contributed by atoms with E-state index in [-0.39, 0.29) is 24.1 Å². The van der Waals surface area contributed by atoms with Gasteiger partial charge in [0, 0.05) is 22.2 Å². The van der Waals surface area contributed by atoms with Crippen LogP contribution in [0.1, 0.15) is 12.0 Å². The fraction of sp³-hybridized carbons (Fsp3) is 0.160. The number of amides is 2. The fourth-order valence-electron chi connectivity index (χ4n) is 3.33. The molecule has 1 saturated heterocycles. The molecule has 168 valence electrons. The van der Waals surface area contributed by atoms with Crippen LogP contribution in [0.5, 0.6) is 0 Å². The van der Waals surface area contributed by atoms with Gasteiger partial charge in [-0.3, -0.25) is 14.5 Å². The van der Waals surface area contributed by atoms with E-state index in [2.05, 4.69) is 32.9 Å². The third kappa shape index (κ3) is 6.42. The molecule has 5 nitrogen and oxygen atoms in total. The highest BCUT2D eigenvalue weighted by Gasteiger charge is 2.35. The number of rotatable bonds is 6. The molecular weight excluding hydrogens is 552 g/mol. The number of hydrogen-bond donors (Lipinski definition) is 1. The Morgan fingerprint density at radius 1 is 1.06 bits per heavy atom. The number of anilines is 1. The van der Waals surface area contributed by atoms with Gasteiger partial charge in [0.25, 0.3) is 0 Å². The van der Waals surface area contributed by atoms with Gasteiger partial charge in [0.2, 0.25) is 11.8 Å². The number of carbonyl (C=O) groups excluding carboxylic acids is 2. The average molecular weight is 573 g/mol. The minimum absolute atomic E-state index is 0.0814. The normalized spacial score (nSPS) is 17.3. The van der Waals surface area contributed by atoms with E-state index < -0.39 is 5.25 Å². The van der Waals surface area contributed by atoms with Gasteiger partial charge in [-0.05, 0) is 83.1 Å². The van der Waals surface area contributed by atoms with Gasteiger partial charge < -0.3 is 5.32 Å². The summed E-state index contributed by atoms with van der Waals surface area (Å²) in [6, 6.07) is 23.1. The molecule has 1 heterocycles. The third-order valence-corrected chi connectivity index (χ3v) is 6.97. The number of hydrogen-bond acceptors (Lipinski definition) is 4. The van der Waals surface area contributed by atoms with Crippen LogP contribution in [0.4, 0.5) is 15.8 Å². The van der Waals surface area contributed by atoms with E-state index in [4.69, 9.17) is 0 Å². The SMILES string of the molecule is O=C(Nc1ccc(I)cc1)[C@H]1CC(=O)N(CCc2ccccc2)C(=Nc2ccc(F)cc2)S1. The van der Waals surface area contributed by atoms with Crippen LogP contribution in [0.3, 0.4) is 0 Å². The Kier molecular flexibility index (Phi) is 7.77. The summed E-state index contributed by atoms with van der Waals surface area (Å²) in [6.07, 6.45) is 0.743. The molecule has 0 bridgehead atoms. The van der Waals surface area contributed by atoms with Crippen LogP contribution in [-0.4, -0.2) is 33.7 Å². The van der Waals surface area contributed by atoms with E-state index >= 15 is 0 Å². The first-order valence-electron chi connectivity index (χ1n) is 10.4. The molecule has 1 fully saturated rings. The Morgan fingerprint density at radius 3 is 2.45 bits per heavy atom. The number of thioether (sulfide) groups is 1. The van der Waals surface area contributed by atoms with Crippen molar-refractivity contribution in [1.29, 1.82) is 0 Å². The maximum absolute atomic E-state index is 13.3. The molecule has 3 aromatic carbocycles. The predicted molar refractivity (Wildman–Crippen MR) is 139 cm³/mol. The molecule has 2 amide bonds. The first-order chi connectivity index (χ1) is 16.0. The molecule has 0 saturated carbocycles. The molecular formula is C25H21FIN3O2S. The van der Waals surface area contributed by atoms with E-state index in [1.54, 1.807) is 17.0 Å². The van der Waals surface area contributed by atoms with Crippen LogP contribution in [0.15, 0.2) is 83.9 Å². The van der Waals surface area contributed by atoms with Crippen LogP contribution < -0.4 is 5.32 Å². The number of benzene rings is 3. The molecule has 4 rings (SSSR count). The quantitative estimate of drug-likeness (QED) is 0.389. The summed E-state index contributed by atoms with van der Waals surface area (Å²) in [4.78, 5) is 32.2. The predicted octanol–water partition coefficient (Wildman–Crippen LogP) is 5.63. The second-order valence-electron chi connectivity index (χ2n) is 7.46. The molecule has 33 heavy (non-hydrogen) atoms. The van der Waals surface area contributed by atoms with Crippen molar-refractivity contribution in [2.24, 2.45) is 4.99 Å². The maximum Gasteiger partial charge on any atom is 0.238 e. The Hall–Kier alpha value is -2.72. The summed E-state index contributed by atoms with van der Waals surface area (Å²) in [7, 11) is 0. The van der Waals surface area contributed by atoms with Crippen LogP contribution in [0.25, 0.3) is 0 Å². The molecule has 0 spiro atoms. The second kappa shape index (κ2) is 10.9. The molecule has 0 unspecified atom stereocenters. The highest BCUT2D eigenvalue weighted by atomic mass is 127. The first-order valence-corrected chi connectivity index (χ1v) is 12.4. The van der Waals surface area contributed by atoms with Crippen molar-refractivity contribution in [3.8, 4) is 0 Å². The second-order valence-corrected chi connectivity index (χ2v) is 9.87. The highest BCUT2D eigenvalue weighted by molar-refractivity contribution is 14.1. The summed E-state index contributed by atoms with van der Waals surface area (Å²) in [5.41, 5.74) is 2.31. The van der Waals surface area contributed by atoms with Crippen molar-refractivity contribution in [2.75, 3.05) is 11.9 Å². The van der Waals surface area contributed by atoms with Gasteiger partial charge in [0.15, 0.2) is 5.17 Å². The lowest BCUT2D eigenvalue weighted by Gasteiger charge is -2.32. The highest BCUT2D eigenvalue weighted by Crippen LogP contribution is 2.30. The van der Waals surface area contributed by atoms with Crippen LogP contribution in [0.2, 0.25) is 0 Å². The Bertz CT molecular complexity index is 1150. The minimum atomic E-state index is -0.607. The Balaban J connectivity index is 1.54. The number of carbonyl (C=O) groups is 2. The number of nitrogens with one attached hydrogen (secondary N) is 1. The molecule has 0 aliphatic carbocycles. The van der Waals surface area contributed by atoms with Gasteiger partial charge in [-0.15, -0.1) is 0 Å². The number of nitrogens with zero attached hydrogens (tertiary/aromatic N) is 2. The fourth-order valence-corrected chi connectivity index (χ4v) is 4.81. The Labute approximate surface area is 209 Å². The van der Waals surface area contributed by atoms with Crippen LogP contribution in [0, 0.1) is 9.39 Å². The maximum atomic E-state index is 13.3. The summed E-state index contributed by atoms with van der Waals surface area (Å²) in [5, 5.41) is 2.72. The van der Waals surface area contributed by atoms with Crippen molar-refractivity contribution < 1.29 is 14.0 Å². The largest absolute Gasteiger partial charge is 0.325 e. The van der Waals surface area contributed by atoms with Crippen LogP contribution in [-0.2, 0) is 16.0 Å². The van der Waals surface area contributed by atoms with E-state index in [0.29, 0.717) is 29.5 Å². The van der Waals surface area contributed by atoms with E-state index in [1.807, 2.05) is 54.6 Å². The third-order valence-electron chi connectivity index (χ3n) is 5.06. The van der Waals surface area contributed by atoms with Gasteiger partial charge in [-0.2, -0.15) is 0 Å².